The van der Waals surface area contributed by atoms with Gasteiger partial charge in [0.2, 0.25) is 0 Å². The van der Waals surface area contributed by atoms with Gasteiger partial charge in [0.25, 0.3) is 0 Å². The third-order valence-electron chi connectivity index (χ3n) is 1.77. The molecule has 0 spiro atoms. The van der Waals surface area contributed by atoms with Crippen molar-refractivity contribution in [3.8, 4) is 0 Å². The van der Waals surface area contributed by atoms with E-state index in [1.165, 1.54) is 22.2 Å². The van der Waals surface area contributed by atoms with Crippen molar-refractivity contribution in [3.63, 3.8) is 0 Å². The van der Waals surface area contributed by atoms with E-state index in [2.05, 4.69) is 22.6 Å². The van der Waals surface area contributed by atoms with Crippen LogP contribution in [-0.2, 0) is 4.74 Å². The minimum atomic E-state index is -0.194. The Morgan fingerprint density at radius 1 is 1.43 bits per heavy atom. The van der Waals surface area contributed by atoms with E-state index >= 15 is 0 Å². The molecule has 0 radical (unpaired) electrons. The Bertz CT molecular complexity index is 259. The van der Waals surface area contributed by atoms with Crippen LogP contribution in [0.3, 0.4) is 0 Å². The van der Waals surface area contributed by atoms with Crippen LogP contribution in [0.1, 0.15) is 29.6 Å². The number of hydrogen-bond donors (Lipinski definition) is 0. The highest BCUT2D eigenvalue weighted by atomic mass is 127. The average Bonchev–Trinajstić information content (AvgIpc) is 2.70. The topological polar surface area (TPSA) is 26.3 Å². The van der Waals surface area contributed by atoms with Gasteiger partial charge in [-0.05, 0) is 35.1 Å². The van der Waals surface area contributed by atoms with Crippen LogP contribution in [0.2, 0.25) is 0 Å². The fourth-order valence-electron chi connectivity index (χ4n) is 1.00. The van der Waals surface area contributed by atoms with E-state index in [-0.39, 0.29) is 5.97 Å². The maximum atomic E-state index is 11.3. The van der Waals surface area contributed by atoms with Crippen molar-refractivity contribution in [2.45, 2.75) is 19.3 Å². The minimum Gasteiger partial charge on any atom is -0.462 e. The van der Waals surface area contributed by atoms with Gasteiger partial charge >= 0.3 is 5.97 Å². The standard InChI is InChI=1S/C10H13IO2S/c11-5-2-1-3-6-13-10(12)9-4-7-14-8-9/h4,7-8H,1-3,5-6H2. The monoisotopic (exact) mass is 324 g/mol. The molecule has 0 saturated carbocycles. The smallest absolute Gasteiger partial charge is 0.338 e. The van der Waals surface area contributed by atoms with Crippen molar-refractivity contribution >= 4 is 39.9 Å². The number of carbonyl (C=O) groups is 1. The first-order chi connectivity index (χ1) is 6.84. The number of rotatable bonds is 6. The molecule has 1 rings (SSSR count). The van der Waals surface area contributed by atoms with E-state index in [0.29, 0.717) is 12.2 Å². The molecule has 0 N–H and O–H groups in total. The number of ether oxygens (including phenoxy) is 1. The van der Waals surface area contributed by atoms with E-state index in [0.717, 1.165) is 12.8 Å². The third kappa shape index (κ3) is 4.41. The van der Waals surface area contributed by atoms with Crippen molar-refractivity contribution in [1.29, 1.82) is 0 Å². The summed E-state index contributed by atoms with van der Waals surface area (Å²) in [6.07, 6.45) is 3.31. The van der Waals surface area contributed by atoms with E-state index in [4.69, 9.17) is 4.74 Å². The van der Waals surface area contributed by atoms with Crippen LogP contribution in [0, 0.1) is 0 Å². The second-order valence-electron chi connectivity index (χ2n) is 2.90. The number of hydrogen-bond acceptors (Lipinski definition) is 3. The predicted octanol–water partition coefficient (Wildman–Crippen LogP) is 3.51. The molecule has 1 aromatic heterocycles. The summed E-state index contributed by atoms with van der Waals surface area (Å²) < 4.78 is 6.28. The quantitative estimate of drug-likeness (QED) is 0.346. The van der Waals surface area contributed by atoms with Crippen molar-refractivity contribution in [3.05, 3.63) is 22.4 Å². The van der Waals surface area contributed by atoms with Crippen molar-refractivity contribution in [2.75, 3.05) is 11.0 Å². The van der Waals surface area contributed by atoms with E-state index in [1.54, 1.807) is 6.07 Å². The Kier molecular flexibility index (Phi) is 6.18. The first kappa shape index (κ1) is 12.0. The normalized spacial score (nSPS) is 10.1. The molecule has 2 nitrogen and oxygen atoms in total. The first-order valence-corrected chi connectivity index (χ1v) is 7.06. The number of unbranched alkanes of at least 4 members (excludes halogenated alkanes) is 2. The minimum absolute atomic E-state index is 0.194. The number of carbonyl (C=O) groups excluding carboxylic acids is 1. The van der Waals surface area contributed by atoms with Gasteiger partial charge in [0.1, 0.15) is 0 Å². The second kappa shape index (κ2) is 7.23. The number of thiophene rings is 1. The van der Waals surface area contributed by atoms with Gasteiger partial charge < -0.3 is 4.74 Å². The van der Waals surface area contributed by atoms with E-state index in [9.17, 15) is 4.79 Å². The maximum Gasteiger partial charge on any atom is 0.338 e. The van der Waals surface area contributed by atoms with E-state index < -0.39 is 0 Å². The summed E-state index contributed by atoms with van der Waals surface area (Å²) in [5.41, 5.74) is 0.670. The second-order valence-corrected chi connectivity index (χ2v) is 4.76. The molecule has 4 heteroatoms. The van der Waals surface area contributed by atoms with Crippen molar-refractivity contribution < 1.29 is 9.53 Å². The molecule has 0 atom stereocenters. The summed E-state index contributed by atoms with van der Waals surface area (Å²) >= 11 is 3.87. The fourth-order valence-corrected chi connectivity index (χ4v) is 2.17. The Labute approximate surface area is 102 Å². The van der Waals surface area contributed by atoms with Gasteiger partial charge in [0, 0.05) is 5.38 Å². The van der Waals surface area contributed by atoms with Crippen LogP contribution in [0.5, 0.6) is 0 Å². The summed E-state index contributed by atoms with van der Waals surface area (Å²) in [5, 5.41) is 3.69. The Morgan fingerprint density at radius 2 is 2.29 bits per heavy atom. The lowest BCUT2D eigenvalue weighted by atomic mass is 10.3. The Hall–Kier alpha value is -0.100. The largest absolute Gasteiger partial charge is 0.462 e. The molecular weight excluding hydrogens is 311 g/mol. The zero-order valence-electron chi connectivity index (χ0n) is 7.87. The molecule has 0 aliphatic heterocycles. The molecular formula is C10H13IO2S. The lowest BCUT2D eigenvalue weighted by Gasteiger charge is -2.02. The summed E-state index contributed by atoms with van der Waals surface area (Å²) in [7, 11) is 0. The molecule has 1 heterocycles. The SMILES string of the molecule is O=C(OCCCCCI)c1ccsc1. The van der Waals surface area contributed by atoms with E-state index in [1.807, 2.05) is 10.8 Å². The molecule has 0 amide bonds. The molecule has 0 aliphatic carbocycles. The molecule has 1 aromatic rings. The molecule has 0 fully saturated rings. The zero-order valence-corrected chi connectivity index (χ0v) is 10.8. The van der Waals surface area contributed by atoms with Crippen LogP contribution < -0.4 is 0 Å². The van der Waals surface area contributed by atoms with Gasteiger partial charge in [-0.1, -0.05) is 22.6 Å². The number of alkyl halides is 1. The third-order valence-corrected chi connectivity index (χ3v) is 3.21. The summed E-state index contributed by atoms with van der Waals surface area (Å²) in [6, 6.07) is 1.79. The molecule has 0 aromatic carbocycles. The number of halogens is 1. The van der Waals surface area contributed by atoms with Gasteiger partial charge in [-0.3, -0.25) is 0 Å². The Morgan fingerprint density at radius 3 is 2.93 bits per heavy atom. The summed E-state index contributed by atoms with van der Waals surface area (Å²) in [6.45, 7) is 0.547. The lowest BCUT2D eigenvalue weighted by Crippen LogP contribution is -2.05. The van der Waals surface area contributed by atoms with Crippen molar-refractivity contribution in [1.82, 2.24) is 0 Å². The predicted molar refractivity (Wildman–Crippen MR) is 67.3 cm³/mol. The molecule has 0 aliphatic rings. The fraction of sp³-hybridized carbons (Fsp3) is 0.500. The highest BCUT2D eigenvalue weighted by Crippen LogP contribution is 2.08. The maximum absolute atomic E-state index is 11.3. The van der Waals surface area contributed by atoms with Crippen LogP contribution in [0.25, 0.3) is 0 Å². The number of esters is 1. The first-order valence-electron chi connectivity index (χ1n) is 4.60. The van der Waals surface area contributed by atoms with Gasteiger partial charge in [0.15, 0.2) is 0 Å². The van der Waals surface area contributed by atoms with Crippen LogP contribution >= 0.6 is 33.9 Å². The Balaban J connectivity index is 2.10. The summed E-state index contributed by atoms with van der Waals surface area (Å²) in [5.74, 6) is -0.194. The van der Waals surface area contributed by atoms with Crippen molar-refractivity contribution in [2.24, 2.45) is 0 Å². The highest BCUT2D eigenvalue weighted by Gasteiger charge is 2.05. The van der Waals surface area contributed by atoms with Crippen LogP contribution in [-0.4, -0.2) is 17.0 Å². The molecule has 14 heavy (non-hydrogen) atoms. The average molecular weight is 324 g/mol. The van der Waals surface area contributed by atoms with Crippen LogP contribution in [0.15, 0.2) is 16.8 Å². The molecule has 78 valence electrons. The van der Waals surface area contributed by atoms with Gasteiger partial charge in [-0.25, -0.2) is 4.79 Å². The van der Waals surface area contributed by atoms with Gasteiger partial charge in [-0.15, -0.1) is 0 Å². The summed E-state index contributed by atoms with van der Waals surface area (Å²) in [4.78, 5) is 11.3. The van der Waals surface area contributed by atoms with Gasteiger partial charge in [0.05, 0.1) is 12.2 Å². The zero-order chi connectivity index (χ0) is 10.2. The molecule has 0 saturated heterocycles. The molecule has 0 bridgehead atoms. The molecule has 0 unspecified atom stereocenters. The van der Waals surface area contributed by atoms with Crippen LogP contribution in [0.4, 0.5) is 0 Å². The highest BCUT2D eigenvalue weighted by molar-refractivity contribution is 14.1. The lowest BCUT2D eigenvalue weighted by molar-refractivity contribution is 0.0499. The van der Waals surface area contributed by atoms with Gasteiger partial charge in [-0.2, -0.15) is 11.3 Å².